The van der Waals surface area contributed by atoms with E-state index >= 15 is 0 Å². The molecule has 2 unspecified atom stereocenters. The first kappa shape index (κ1) is 13.7. The number of ether oxygens (including phenoxy) is 2. The van der Waals surface area contributed by atoms with Gasteiger partial charge in [0.2, 0.25) is 0 Å². The molecule has 1 aromatic rings. The SMILES string of the molecule is CCC1CN(Cc2ccc3c(c2)OCCO3)CCC1N. The minimum atomic E-state index is 0.372. The Morgan fingerprint density at radius 1 is 1.25 bits per heavy atom. The molecule has 0 saturated carbocycles. The van der Waals surface area contributed by atoms with Gasteiger partial charge < -0.3 is 15.2 Å². The van der Waals surface area contributed by atoms with Gasteiger partial charge in [-0.05, 0) is 36.6 Å². The maximum absolute atomic E-state index is 6.17. The summed E-state index contributed by atoms with van der Waals surface area (Å²) in [6.45, 7) is 6.69. The highest BCUT2D eigenvalue weighted by Gasteiger charge is 2.25. The van der Waals surface area contributed by atoms with Crippen LogP contribution in [0.1, 0.15) is 25.3 Å². The Kier molecular flexibility index (Phi) is 4.13. The van der Waals surface area contributed by atoms with Gasteiger partial charge >= 0.3 is 0 Å². The summed E-state index contributed by atoms with van der Waals surface area (Å²) < 4.78 is 11.2. The highest BCUT2D eigenvalue weighted by atomic mass is 16.6. The van der Waals surface area contributed by atoms with E-state index in [1.54, 1.807) is 0 Å². The van der Waals surface area contributed by atoms with Gasteiger partial charge in [-0.3, -0.25) is 4.90 Å². The molecule has 2 atom stereocenters. The van der Waals surface area contributed by atoms with E-state index in [0.29, 0.717) is 25.2 Å². The molecule has 0 amide bonds. The molecule has 0 bridgehead atoms. The van der Waals surface area contributed by atoms with Crippen molar-refractivity contribution in [3.05, 3.63) is 23.8 Å². The third-order valence-electron chi connectivity index (χ3n) is 4.41. The number of nitrogens with two attached hydrogens (primary N) is 1. The molecule has 0 aromatic heterocycles. The minimum Gasteiger partial charge on any atom is -0.486 e. The van der Waals surface area contributed by atoms with Gasteiger partial charge in [0.15, 0.2) is 11.5 Å². The summed E-state index contributed by atoms with van der Waals surface area (Å²) in [5.41, 5.74) is 7.46. The predicted molar refractivity (Wildman–Crippen MR) is 79.1 cm³/mol. The Morgan fingerprint density at radius 2 is 2.05 bits per heavy atom. The molecule has 2 aliphatic rings. The van der Waals surface area contributed by atoms with Gasteiger partial charge in [0.25, 0.3) is 0 Å². The molecule has 0 aliphatic carbocycles. The first-order valence-corrected chi connectivity index (χ1v) is 7.62. The zero-order chi connectivity index (χ0) is 13.9. The van der Waals surface area contributed by atoms with Gasteiger partial charge in [0.1, 0.15) is 13.2 Å². The lowest BCUT2D eigenvalue weighted by molar-refractivity contribution is 0.144. The topological polar surface area (TPSA) is 47.7 Å². The van der Waals surface area contributed by atoms with Crippen molar-refractivity contribution in [1.29, 1.82) is 0 Å². The molecule has 1 saturated heterocycles. The average molecular weight is 276 g/mol. The van der Waals surface area contributed by atoms with Gasteiger partial charge in [-0.25, -0.2) is 0 Å². The molecular formula is C16H24N2O2. The number of nitrogens with zero attached hydrogens (tertiary/aromatic N) is 1. The van der Waals surface area contributed by atoms with E-state index < -0.39 is 0 Å². The third-order valence-corrected chi connectivity index (χ3v) is 4.41. The fraction of sp³-hybridized carbons (Fsp3) is 0.625. The maximum atomic E-state index is 6.17. The Hall–Kier alpha value is -1.26. The van der Waals surface area contributed by atoms with Crippen LogP contribution in [0.15, 0.2) is 18.2 Å². The second-order valence-corrected chi connectivity index (χ2v) is 5.83. The average Bonchev–Trinajstić information content (AvgIpc) is 2.49. The summed E-state index contributed by atoms with van der Waals surface area (Å²) in [6.07, 6.45) is 2.27. The van der Waals surface area contributed by atoms with Gasteiger partial charge in [-0.2, -0.15) is 0 Å². The van der Waals surface area contributed by atoms with Crippen molar-refractivity contribution < 1.29 is 9.47 Å². The third kappa shape index (κ3) is 2.91. The van der Waals surface area contributed by atoms with Crippen LogP contribution in [0.4, 0.5) is 0 Å². The van der Waals surface area contributed by atoms with Gasteiger partial charge in [-0.15, -0.1) is 0 Å². The van der Waals surface area contributed by atoms with E-state index in [1.165, 1.54) is 12.0 Å². The Labute approximate surface area is 120 Å². The van der Waals surface area contributed by atoms with Crippen LogP contribution in [0.25, 0.3) is 0 Å². The second-order valence-electron chi connectivity index (χ2n) is 5.83. The lowest BCUT2D eigenvalue weighted by Gasteiger charge is -2.36. The van der Waals surface area contributed by atoms with Crippen LogP contribution in [-0.2, 0) is 6.54 Å². The van der Waals surface area contributed by atoms with E-state index in [9.17, 15) is 0 Å². The van der Waals surface area contributed by atoms with Gasteiger partial charge in [-0.1, -0.05) is 19.4 Å². The van der Waals surface area contributed by atoms with Crippen LogP contribution in [-0.4, -0.2) is 37.2 Å². The molecule has 0 spiro atoms. The van der Waals surface area contributed by atoms with Crippen molar-refractivity contribution in [1.82, 2.24) is 4.90 Å². The van der Waals surface area contributed by atoms with Crippen LogP contribution in [0.5, 0.6) is 11.5 Å². The van der Waals surface area contributed by atoms with Crippen LogP contribution in [0.2, 0.25) is 0 Å². The standard InChI is InChI=1S/C16H24N2O2/c1-2-13-11-18(6-5-14(13)17)10-12-3-4-15-16(9-12)20-8-7-19-15/h3-4,9,13-14H,2,5-8,10-11,17H2,1H3. The molecule has 2 N–H and O–H groups in total. The molecule has 3 rings (SSSR count). The van der Waals surface area contributed by atoms with Crippen molar-refractivity contribution in [3.8, 4) is 11.5 Å². The predicted octanol–water partition coefficient (Wildman–Crippen LogP) is 2.02. The van der Waals surface area contributed by atoms with Crippen LogP contribution >= 0.6 is 0 Å². The number of rotatable bonds is 3. The smallest absolute Gasteiger partial charge is 0.161 e. The van der Waals surface area contributed by atoms with Crippen molar-refractivity contribution >= 4 is 0 Å². The number of hydrogen-bond donors (Lipinski definition) is 1. The summed E-state index contributed by atoms with van der Waals surface area (Å²) >= 11 is 0. The number of hydrogen-bond acceptors (Lipinski definition) is 4. The summed E-state index contributed by atoms with van der Waals surface area (Å²) in [7, 11) is 0. The molecule has 0 radical (unpaired) electrons. The number of likely N-dealkylation sites (tertiary alicyclic amines) is 1. The molecule has 110 valence electrons. The van der Waals surface area contributed by atoms with Crippen LogP contribution in [0.3, 0.4) is 0 Å². The van der Waals surface area contributed by atoms with Crippen molar-refractivity contribution in [2.24, 2.45) is 11.7 Å². The molecule has 2 heterocycles. The minimum absolute atomic E-state index is 0.372. The lowest BCUT2D eigenvalue weighted by atomic mass is 9.90. The number of piperidine rings is 1. The van der Waals surface area contributed by atoms with Gasteiger partial charge in [0.05, 0.1) is 0 Å². The number of fused-ring (bicyclic) bond motifs is 1. The molecule has 20 heavy (non-hydrogen) atoms. The molecule has 2 aliphatic heterocycles. The van der Waals surface area contributed by atoms with E-state index in [-0.39, 0.29) is 0 Å². The normalized spacial score (nSPS) is 26.5. The van der Waals surface area contributed by atoms with E-state index in [1.807, 2.05) is 6.07 Å². The first-order valence-electron chi connectivity index (χ1n) is 7.62. The second kappa shape index (κ2) is 6.02. The van der Waals surface area contributed by atoms with Gasteiger partial charge in [0, 0.05) is 19.1 Å². The van der Waals surface area contributed by atoms with E-state index in [4.69, 9.17) is 15.2 Å². The molecule has 1 fully saturated rings. The molecular weight excluding hydrogens is 252 g/mol. The van der Waals surface area contributed by atoms with Crippen LogP contribution in [0, 0.1) is 5.92 Å². The quantitative estimate of drug-likeness (QED) is 0.917. The summed E-state index contributed by atoms with van der Waals surface area (Å²) in [4.78, 5) is 2.50. The van der Waals surface area contributed by atoms with Crippen LogP contribution < -0.4 is 15.2 Å². The largest absolute Gasteiger partial charge is 0.486 e. The summed E-state index contributed by atoms with van der Waals surface area (Å²) in [6, 6.07) is 6.65. The Balaban J connectivity index is 1.65. The monoisotopic (exact) mass is 276 g/mol. The van der Waals surface area contributed by atoms with E-state index in [2.05, 4.69) is 24.0 Å². The van der Waals surface area contributed by atoms with Crippen molar-refractivity contribution in [3.63, 3.8) is 0 Å². The summed E-state index contributed by atoms with van der Waals surface area (Å²) in [5, 5.41) is 0. The molecule has 4 heteroatoms. The number of benzene rings is 1. The fourth-order valence-electron chi connectivity index (χ4n) is 3.15. The zero-order valence-corrected chi connectivity index (χ0v) is 12.2. The Morgan fingerprint density at radius 3 is 2.85 bits per heavy atom. The van der Waals surface area contributed by atoms with Crippen molar-refractivity contribution in [2.75, 3.05) is 26.3 Å². The molecule has 4 nitrogen and oxygen atoms in total. The lowest BCUT2D eigenvalue weighted by Crippen LogP contribution is -2.46. The van der Waals surface area contributed by atoms with E-state index in [0.717, 1.165) is 37.6 Å². The summed E-state index contributed by atoms with van der Waals surface area (Å²) in [5.74, 6) is 2.38. The highest BCUT2D eigenvalue weighted by Crippen LogP contribution is 2.31. The zero-order valence-electron chi connectivity index (χ0n) is 12.2. The first-order chi connectivity index (χ1) is 9.76. The fourth-order valence-corrected chi connectivity index (χ4v) is 3.15. The highest BCUT2D eigenvalue weighted by molar-refractivity contribution is 5.43. The Bertz CT molecular complexity index is 464. The van der Waals surface area contributed by atoms with Crippen molar-refractivity contribution in [2.45, 2.75) is 32.4 Å². The maximum Gasteiger partial charge on any atom is 0.161 e. The molecule has 1 aromatic carbocycles.